The monoisotopic (exact) mass is 488 g/mol. The van der Waals surface area contributed by atoms with Gasteiger partial charge < -0.3 is 16.0 Å². The molecule has 0 saturated heterocycles. The van der Waals surface area contributed by atoms with Crippen molar-refractivity contribution in [2.75, 3.05) is 23.0 Å². The Balaban J connectivity index is 0.00000324. The number of anilines is 4. The van der Waals surface area contributed by atoms with E-state index in [9.17, 15) is 27.4 Å². The van der Waals surface area contributed by atoms with Crippen LogP contribution in [0.4, 0.5) is 22.7 Å². The zero-order chi connectivity index (χ0) is 24.1. The normalized spacial score (nSPS) is 12.3. The summed E-state index contributed by atoms with van der Waals surface area (Å²) in [6.45, 7) is 1.42. The van der Waals surface area contributed by atoms with Gasteiger partial charge in [0.2, 0.25) is 5.91 Å². The Labute approximate surface area is 218 Å². The van der Waals surface area contributed by atoms with Crippen LogP contribution in [0.25, 0.3) is 0 Å². The molecule has 0 atom stereocenters. The molecule has 11 heteroatoms. The number of nitrogens with one attached hydrogen (secondary N) is 1. The summed E-state index contributed by atoms with van der Waals surface area (Å²) >= 11 is 0. The molecule has 34 heavy (non-hydrogen) atoms. The summed E-state index contributed by atoms with van der Waals surface area (Å²) in [7, 11) is -3.19. The van der Waals surface area contributed by atoms with Crippen molar-refractivity contribution in [1.29, 1.82) is 0 Å². The Hall–Kier alpha value is -3.02. The SMILES string of the molecule is CC(=O)N(C)c1ccc(Nc2cc(S(=O)(=O)O)c(N)c3c2C(=O)c2ccccc2C3=O)cc1.[Na+]. The van der Waals surface area contributed by atoms with Gasteiger partial charge in [-0.25, -0.2) is 0 Å². The van der Waals surface area contributed by atoms with Crippen molar-refractivity contribution in [2.45, 2.75) is 11.8 Å². The molecule has 168 valence electrons. The molecule has 1 aliphatic rings. The summed E-state index contributed by atoms with van der Waals surface area (Å²) < 4.78 is 33.6. The maximum Gasteiger partial charge on any atom is 1.00 e. The van der Waals surface area contributed by atoms with Crippen LogP contribution in [0.1, 0.15) is 38.8 Å². The van der Waals surface area contributed by atoms with Crippen LogP contribution >= 0.6 is 0 Å². The van der Waals surface area contributed by atoms with Crippen molar-refractivity contribution in [3.63, 3.8) is 0 Å². The fourth-order valence-electron chi connectivity index (χ4n) is 3.71. The van der Waals surface area contributed by atoms with E-state index in [1.807, 2.05) is 0 Å². The molecule has 1 aliphatic carbocycles. The molecule has 3 aromatic rings. The summed E-state index contributed by atoms with van der Waals surface area (Å²) in [5, 5.41) is 2.94. The van der Waals surface area contributed by atoms with Crippen molar-refractivity contribution in [2.24, 2.45) is 0 Å². The molecule has 0 aliphatic heterocycles. The fourth-order valence-corrected chi connectivity index (χ4v) is 4.36. The van der Waals surface area contributed by atoms with Gasteiger partial charge in [0.1, 0.15) is 4.90 Å². The summed E-state index contributed by atoms with van der Waals surface area (Å²) in [5.74, 6) is -1.29. The standard InChI is InChI=1S/C23H19N3O6S.Na/c1-12(27)26(2)14-9-7-13(8-10-14)25-17-11-18(33(30,31)32)21(24)20-19(17)22(28)15-5-3-4-6-16(15)23(20)29;/h3-11,25H,24H2,1-2H3,(H,30,31,32);/q;+1. The second kappa shape index (κ2) is 9.32. The summed E-state index contributed by atoms with van der Waals surface area (Å²) in [5.41, 5.74) is 6.41. The minimum Gasteiger partial charge on any atom is -0.397 e. The second-order valence-electron chi connectivity index (χ2n) is 7.51. The zero-order valence-corrected chi connectivity index (χ0v) is 21.4. The average Bonchev–Trinajstić information content (AvgIpc) is 2.77. The van der Waals surface area contributed by atoms with Crippen molar-refractivity contribution < 1.29 is 56.9 Å². The number of nitrogens with zero attached hydrogens (tertiary/aromatic N) is 1. The summed E-state index contributed by atoms with van der Waals surface area (Å²) in [6.07, 6.45) is 0. The van der Waals surface area contributed by atoms with Gasteiger partial charge in [0, 0.05) is 36.5 Å². The predicted molar refractivity (Wildman–Crippen MR) is 123 cm³/mol. The largest absolute Gasteiger partial charge is 1.00 e. The topological polar surface area (TPSA) is 147 Å². The van der Waals surface area contributed by atoms with Crippen LogP contribution < -0.4 is 45.5 Å². The molecule has 4 N–H and O–H groups in total. The predicted octanol–water partition coefficient (Wildman–Crippen LogP) is 0.0212. The molecule has 1 amide bonds. The van der Waals surface area contributed by atoms with E-state index in [1.165, 1.54) is 24.0 Å². The number of nitrogens with two attached hydrogens (primary N) is 1. The van der Waals surface area contributed by atoms with Crippen molar-refractivity contribution in [3.05, 3.63) is 76.9 Å². The first kappa shape index (κ1) is 25.6. The van der Waals surface area contributed by atoms with Gasteiger partial charge in [-0.15, -0.1) is 0 Å². The smallest absolute Gasteiger partial charge is 0.397 e. The minimum atomic E-state index is -4.80. The van der Waals surface area contributed by atoms with Crippen LogP contribution in [0, 0.1) is 0 Å². The molecular weight excluding hydrogens is 469 g/mol. The van der Waals surface area contributed by atoms with E-state index in [2.05, 4.69) is 5.32 Å². The van der Waals surface area contributed by atoms with Crippen LogP contribution in [0.3, 0.4) is 0 Å². The number of fused-ring (bicyclic) bond motifs is 2. The number of rotatable bonds is 4. The van der Waals surface area contributed by atoms with Gasteiger partial charge in [-0.05, 0) is 30.3 Å². The van der Waals surface area contributed by atoms with Crippen LogP contribution in [0.5, 0.6) is 0 Å². The van der Waals surface area contributed by atoms with E-state index in [0.717, 1.165) is 6.07 Å². The molecular formula is C23H19N3NaO6S+. The number of hydrogen-bond donors (Lipinski definition) is 3. The van der Waals surface area contributed by atoms with Gasteiger partial charge in [-0.3, -0.25) is 18.9 Å². The Bertz CT molecular complexity index is 1450. The first-order chi connectivity index (χ1) is 15.5. The van der Waals surface area contributed by atoms with E-state index >= 15 is 0 Å². The van der Waals surface area contributed by atoms with E-state index in [4.69, 9.17) is 5.73 Å². The third-order valence-electron chi connectivity index (χ3n) is 5.48. The minimum absolute atomic E-state index is 0. The number of carbonyl (C=O) groups excluding carboxylic acids is 3. The summed E-state index contributed by atoms with van der Waals surface area (Å²) in [6, 6.07) is 13.7. The Morgan fingerprint density at radius 1 is 0.971 bits per heavy atom. The van der Waals surface area contributed by atoms with Crippen LogP contribution in [0.15, 0.2) is 59.5 Å². The molecule has 0 aromatic heterocycles. The van der Waals surface area contributed by atoms with Gasteiger partial charge in [-0.2, -0.15) is 8.42 Å². The number of hydrogen-bond acceptors (Lipinski definition) is 7. The number of benzene rings is 3. The van der Waals surface area contributed by atoms with Gasteiger partial charge >= 0.3 is 29.6 Å². The maximum absolute atomic E-state index is 13.3. The molecule has 0 spiro atoms. The van der Waals surface area contributed by atoms with Gasteiger partial charge in [0.25, 0.3) is 10.1 Å². The molecule has 9 nitrogen and oxygen atoms in total. The molecule has 4 rings (SSSR count). The van der Waals surface area contributed by atoms with E-state index in [-0.39, 0.29) is 63.4 Å². The average molecular weight is 488 g/mol. The first-order valence-corrected chi connectivity index (χ1v) is 11.2. The molecule has 0 heterocycles. The third-order valence-corrected chi connectivity index (χ3v) is 6.38. The van der Waals surface area contributed by atoms with E-state index in [1.54, 1.807) is 43.4 Å². The van der Waals surface area contributed by atoms with Crippen molar-refractivity contribution in [1.82, 2.24) is 0 Å². The Morgan fingerprint density at radius 2 is 1.50 bits per heavy atom. The Kier molecular flexibility index (Phi) is 7.02. The van der Waals surface area contributed by atoms with Crippen LogP contribution in [0.2, 0.25) is 0 Å². The van der Waals surface area contributed by atoms with Crippen LogP contribution in [-0.4, -0.2) is 37.5 Å². The zero-order valence-electron chi connectivity index (χ0n) is 18.6. The quantitative estimate of drug-likeness (QED) is 0.207. The van der Waals surface area contributed by atoms with Crippen molar-refractivity contribution in [3.8, 4) is 0 Å². The number of carbonyl (C=O) groups is 3. The molecule has 3 aromatic carbocycles. The van der Waals surface area contributed by atoms with E-state index < -0.39 is 32.3 Å². The van der Waals surface area contributed by atoms with Gasteiger partial charge in [0.15, 0.2) is 11.6 Å². The maximum atomic E-state index is 13.3. The molecule has 0 bridgehead atoms. The van der Waals surface area contributed by atoms with Crippen LogP contribution in [-0.2, 0) is 14.9 Å². The third kappa shape index (κ3) is 4.38. The van der Waals surface area contributed by atoms with E-state index in [0.29, 0.717) is 11.4 Å². The number of ketones is 2. The number of amides is 1. The van der Waals surface area contributed by atoms with Gasteiger partial charge in [0.05, 0.1) is 22.5 Å². The molecule has 0 saturated carbocycles. The second-order valence-corrected chi connectivity index (χ2v) is 8.90. The molecule has 0 unspecified atom stereocenters. The Morgan fingerprint density at radius 3 is 2.00 bits per heavy atom. The van der Waals surface area contributed by atoms with Gasteiger partial charge in [-0.1, -0.05) is 24.3 Å². The summed E-state index contributed by atoms with van der Waals surface area (Å²) in [4.78, 5) is 38.8. The van der Waals surface area contributed by atoms with Crippen molar-refractivity contribution >= 4 is 50.3 Å². The number of nitrogen functional groups attached to an aromatic ring is 1. The first-order valence-electron chi connectivity index (χ1n) is 9.74. The molecule has 0 radical (unpaired) electrons. The molecule has 0 fully saturated rings. The fraction of sp³-hybridized carbons (Fsp3) is 0.0870.